The van der Waals surface area contributed by atoms with Crippen LogP contribution in [-0.2, 0) is 14.3 Å². The van der Waals surface area contributed by atoms with Crippen molar-refractivity contribution < 1.29 is 19.1 Å². The maximum absolute atomic E-state index is 12.0. The number of rotatable bonds is 4. The number of nitrogens with zero attached hydrogens (tertiary/aromatic N) is 2. The maximum Gasteiger partial charge on any atom is 0.369 e. The Hall–Kier alpha value is -1.61. The van der Waals surface area contributed by atoms with Crippen LogP contribution in [0.2, 0.25) is 0 Å². The second-order valence-electron chi connectivity index (χ2n) is 3.67. The number of esters is 1. The predicted octanol–water partition coefficient (Wildman–Crippen LogP) is 1.65. The lowest BCUT2D eigenvalue weighted by molar-refractivity contribution is -0.112. The molecule has 1 aliphatic heterocycles. The summed E-state index contributed by atoms with van der Waals surface area (Å²) >= 11 is 2.40. The van der Waals surface area contributed by atoms with Crippen molar-refractivity contribution in [3.05, 3.63) is 15.7 Å². The second-order valence-corrected chi connectivity index (χ2v) is 5.75. The minimum absolute atomic E-state index is 0.111. The zero-order valence-corrected chi connectivity index (χ0v) is 12.6. The molecule has 7 nitrogen and oxygen atoms in total. The summed E-state index contributed by atoms with van der Waals surface area (Å²) in [5.74, 6) is 0.466. The topological polar surface area (TPSA) is 90.4 Å². The van der Waals surface area contributed by atoms with Crippen molar-refractivity contribution in [2.75, 3.05) is 24.3 Å². The number of carbonyl (C=O) groups is 2. The first-order chi connectivity index (χ1) is 9.61. The molecule has 1 aromatic heterocycles. The number of aromatic nitrogens is 2. The van der Waals surface area contributed by atoms with Gasteiger partial charge in [0.1, 0.15) is 10.7 Å². The van der Waals surface area contributed by atoms with Crippen LogP contribution in [-0.4, -0.2) is 41.0 Å². The lowest BCUT2D eigenvalue weighted by Crippen LogP contribution is -2.18. The highest BCUT2D eigenvalue weighted by Crippen LogP contribution is 2.27. The van der Waals surface area contributed by atoms with Crippen LogP contribution in [0.25, 0.3) is 0 Å². The van der Waals surface area contributed by atoms with Crippen molar-refractivity contribution in [3.8, 4) is 0 Å². The molecule has 0 aromatic carbocycles. The summed E-state index contributed by atoms with van der Waals surface area (Å²) in [4.78, 5) is 24.0. The third-order valence-corrected chi connectivity index (χ3v) is 4.22. The highest BCUT2D eigenvalue weighted by Gasteiger charge is 2.21. The van der Waals surface area contributed by atoms with Crippen LogP contribution in [0.3, 0.4) is 0 Å². The lowest BCUT2D eigenvalue weighted by Gasteiger charge is -2.16. The summed E-state index contributed by atoms with van der Waals surface area (Å²) in [5.41, 5.74) is 0. The molecule has 0 unspecified atom stereocenters. The molecule has 0 saturated carbocycles. The molecular weight excluding hydrogens is 302 g/mol. The van der Waals surface area contributed by atoms with Gasteiger partial charge in [0, 0.05) is 5.75 Å². The molecule has 0 atom stereocenters. The maximum atomic E-state index is 12.0. The molecule has 1 N–H and O–H groups in total. The van der Waals surface area contributed by atoms with E-state index in [1.807, 2.05) is 0 Å². The number of thioether (sulfide) groups is 1. The van der Waals surface area contributed by atoms with E-state index < -0.39 is 5.97 Å². The molecule has 0 radical (unpaired) electrons. The number of allylic oxidation sites excluding steroid dienone is 1. The Labute approximate surface area is 123 Å². The van der Waals surface area contributed by atoms with Crippen LogP contribution in [0.5, 0.6) is 0 Å². The van der Waals surface area contributed by atoms with E-state index in [-0.39, 0.29) is 22.7 Å². The van der Waals surface area contributed by atoms with Crippen LogP contribution >= 0.6 is 23.1 Å². The van der Waals surface area contributed by atoms with Crippen molar-refractivity contribution in [2.45, 2.75) is 13.8 Å². The molecule has 1 aliphatic rings. The Kier molecular flexibility index (Phi) is 4.96. The smallest absolute Gasteiger partial charge is 0.369 e. The molecule has 20 heavy (non-hydrogen) atoms. The molecule has 9 heteroatoms. The third-order valence-electron chi connectivity index (χ3n) is 2.27. The Morgan fingerprint density at radius 3 is 2.95 bits per heavy atom. The zero-order chi connectivity index (χ0) is 14.5. The molecular formula is C11H13N3O4S2. The van der Waals surface area contributed by atoms with E-state index in [1.54, 1.807) is 13.8 Å². The van der Waals surface area contributed by atoms with Crippen molar-refractivity contribution in [2.24, 2.45) is 0 Å². The van der Waals surface area contributed by atoms with E-state index >= 15 is 0 Å². The van der Waals surface area contributed by atoms with Crippen LogP contribution < -0.4 is 5.32 Å². The monoisotopic (exact) mass is 315 g/mol. The lowest BCUT2D eigenvalue weighted by atomic mass is 10.4. The van der Waals surface area contributed by atoms with Crippen LogP contribution in [0, 0.1) is 0 Å². The van der Waals surface area contributed by atoms with Gasteiger partial charge in [-0.25, -0.2) is 4.79 Å². The van der Waals surface area contributed by atoms with E-state index in [4.69, 9.17) is 9.47 Å². The molecule has 0 spiro atoms. The number of carbonyl (C=O) groups excluding carboxylic acids is 2. The van der Waals surface area contributed by atoms with E-state index in [0.717, 1.165) is 17.1 Å². The van der Waals surface area contributed by atoms with E-state index in [0.29, 0.717) is 17.3 Å². The summed E-state index contributed by atoms with van der Waals surface area (Å²) in [6.07, 6.45) is 0. The normalized spacial score (nSPS) is 14.7. The first-order valence-electron chi connectivity index (χ1n) is 5.90. The fourth-order valence-corrected chi connectivity index (χ4v) is 2.88. The third kappa shape index (κ3) is 3.48. The van der Waals surface area contributed by atoms with Crippen molar-refractivity contribution in [1.29, 1.82) is 0 Å². The van der Waals surface area contributed by atoms with Gasteiger partial charge in [-0.1, -0.05) is 11.3 Å². The number of amides is 1. The number of hydrogen-bond donors (Lipinski definition) is 1. The highest BCUT2D eigenvalue weighted by atomic mass is 32.2. The summed E-state index contributed by atoms with van der Waals surface area (Å²) in [5, 5.41) is 10.4. The minimum Gasteiger partial charge on any atom is -0.496 e. The molecule has 0 fully saturated rings. The second kappa shape index (κ2) is 6.71. The number of ether oxygens (including phenoxy) is 2. The Balaban J connectivity index is 2.03. The van der Waals surface area contributed by atoms with Gasteiger partial charge in [-0.3, -0.25) is 10.1 Å². The van der Waals surface area contributed by atoms with Gasteiger partial charge in [-0.05, 0) is 13.8 Å². The van der Waals surface area contributed by atoms with Gasteiger partial charge in [0.2, 0.25) is 10.1 Å². The first kappa shape index (κ1) is 14.8. The van der Waals surface area contributed by atoms with Gasteiger partial charge >= 0.3 is 5.97 Å². The van der Waals surface area contributed by atoms with Crippen LogP contribution in [0.4, 0.5) is 5.13 Å². The molecule has 0 aliphatic carbocycles. The molecule has 0 bridgehead atoms. The van der Waals surface area contributed by atoms with Crippen molar-refractivity contribution in [3.63, 3.8) is 0 Å². The average Bonchev–Trinajstić information content (AvgIpc) is 2.88. The quantitative estimate of drug-likeness (QED) is 0.845. The molecule has 2 rings (SSSR count). The Morgan fingerprint density at radius 1 is 1.45 bits per heavy atom. The van der Waals surface area contributed by atoms with Crippen LogP contribution in [0.15, 0.2) is 10.7 Å². The first-order valence-corrected chi connectivity index (χ1v) is 7.70. The van der Waals surface area contributed by atoms with Gasteiger partial charge < -0.3 is 9.47 Å². The van der Waals surface area contributed by atoms with E-state index in [2.05, 4.69) is 15.5 Å². The van der Waals surface area contributed by atoms with Gasteiger partial charge in [-0.2, -0.15) is 0 Å². The fourth-order valence-electron chi connectivity index (χ4n) is 1.43. The molecule has 108 valence electrons. The molecule has 1 aromatic rings. The van der Waals surface area contributed by atoms with Crippen molar-refractivity contribution in [1.82, 2.24) is 10.2 Å². The van der Waals surface area contributed by atoms with Crippen molar-refractivity contribution >= 4 is 40.1 Å². The largest absolute Gasteiger partial charge is 0.496 e. The van der Waals surface area contributed by atoms with Gasteiger partial charge in [0.25, 0.3) is 5.91 Å². The fraction of sp³-hybridized carbons (Fsp3) is 0.455. The minimum atomic E-state index is -0.545. The number of anilines is 1. The van der Waals surface area contributed by atoms with Crippen LogP contribution in [0.1, 0.15) is 23.6 Å². The zero-order valence-electron chi connectivity index (χ0n) is 11.0. The SMILES string of the molecule is CCOC(=O)c1nnc(NC(=O)C2=C(C)OCCS2)s1. The average molecular weight is 315 g/mol. The molecule has 0 saturated heterocycles. The van der Waals surface area contributed by atoms with E-state index in [1.165, 1.54) is 11.8 Å². The molecule has 2 heterocycles. The molecule has 1 amide bonds. The van der Waals surface area contributed by atoms with Gasteiger partial charge in [0.05, 0.1) is 13.2 Å². The Morgan fingerprint density at radius 2 is 2.25 bits per heavy atom. The predicted molar refractivity (Wildman–Crippen MR) is 75.6 cm³/mol. The number of nitrogens with one attached hydrogen (secondary N) is 1. The summed E-state index contributed by atoms with van der Waals surface area (Å²) in [6.45, 7) is 4.31. The Bertz CT molecular complexity index is 556. The number of hydrogen-bond acceptors (Lipinski definition) is 8. The summed E-state index contributed by atoms with van der Waals surface area (Å²) < 4.78 is 10.1. The van der Waals surface area contributed by atoms with Gasteiger partial charge in [0.15, 0.2) is 0 Å². The summed E-state index contributed by atoms with van der Waals surface area (Å²) in [7, 11) is 0. The van der Waals surface area contributed by atoms with Gasteiger partial charge in [-0.15, -0.1) is 22.0 Å². The highest BCUT2D eigenvalue weighted by molar-refractivity contribution is 8.04. The van der Waals surface area contributed by atoms with E-state index in [9.17, 15) is 9.59 Å². The summed E-state index contributed by atoms with van der Waals surface area (Å²) in [6, 6.07) is 0. The standard InChI is InChI=1S/C11H13N3O4S2/c1-3-17-10(16)9-13-14-11(20-9)12-8(15)7-6(2)18-4-5-19-7/h3-5H2,1-2H3,(H,12,14,15).